The molecule has 0 saturated carbocycles. The van der Waals surface area contributed by atoms with Crippen LogP contribution in [0.3, 0.4) is 0 Å². The fraction of sp³-hybridized carbons (Fsp3) is 0.944. The second-order valence-corrected chi connectivity index (χ2v) is 29.5. The van der Waals surface area contributed by atoms with Crippen molar-refractivity contribution in [2.24, 2.45) is 11.8 Å². The van der Waals surface area contributed by atoms with E-state index in [1.165, 1.54) is 173 Å². The number of carbonyl (C=O) groups is 4. The van der Waals surface area contributed by atoms with Crippen LogP contribution in [-0.2, 0) is 65.4 Å². The van der Waals surface area contributed by atoms with Gasteiger partial charge in [0.05, 0.1) is 26.4 Å². The van der Waals surface area contributed by atoms with E-state index >= 15 is 0 Å². The molecule has 90 heavy (non-hydrogen) atoms. The fourth-order valence-corrected chi connectivity index (χ4v) is 12.3. The molecule has 2 unspecified atom stereocenters. The van der Waals surface area contributed by atoms with Crippen LogP contribution in [0.15, 0.2) is 0 Å². The molecule has 0 bridgehead atoms. The van der Waals surface area contributed by atoms with Crippen LogP contribution in [-0.4, -0.2) is 96.7 Å². The van der Waals surface area contributed by atoms with Crippen LogP contribution < -0.4 is 0 Å². The van der Waals surface area contributed by atoms with Crippen molar-refractivity contribution < 1.29 is 80.2 Å². The molecule has 0 heterocycles. The third-order valence-electron chi connectivity index (χ3n) is 16.5. The van der Waals surface area contributed by atoms with E-state index < -0.39 is 97.5 Å². The number of esters is 4. The van der Waals surface area contributed by atoms with Gasteiger partial charge >= 0.3 is 39.5 Å². The Morgan fingerprint density at radius 3 is 0.756 bits per heavy atom. The smallest absolute Gasteiger partial charge is 0.462 e. The van der Waals surface area contributed by atoms with Gasteiger partial charge in [-0.1, -0.05) is 311 Å². The van der Waals surface area contributed by atoms with Crippen molar-refractivity contribution in [2.45, 2.75) is 381 Å². The Morgan fingerprint density at radius 1 is 0.300 bits per heavy atom. The molecule has 0 aromatic rings. The highest BCUT2D eigenvalue weighted by atomic mass is 31.2. The standard InChI is InChI=1S/C71H138O17P2/c1-7-9-11-13-15-17-18-19-20-21-22-23-24-25-26-29-37-43-49-55-70(75)87-67(60-82-69(74)54-48-42-36-30-27-28-33-39-45-51-63(3)4)62-86-90(79,80)84-58-65(72)57-83-89(77,78)85-61-66(59-81-68(73)53-47-41-35-16-14-12-10-8-2)88-71(76)56-50-44-38-32-31-34-40-46-52-64(5)6/h63-67,72H,7-62H2,1-6H3,(H,77,78)(H,79,80)/t65-,66+,67+/m0/s1. The van der Waals surface area contributed by atoms with Crippen molar-refractivity contribution >= 4 is 39.5 Å². The van der Waals surface area contributed by atoms with Gasteiger partial charge in [-0.15, -0.1) is 0 Å². The molecule has 5 atom stereocenters. The zero-order valence-corrected chi connectivity index (χ0v) is 60.2. The van der Waals surface area contributed by atoms with E-state index in [9.17, 15) is 43.2 Å². The summed E-state index contributed by atoms with van der Waals surface area (Å²) < 4.78 is 68.2. The van der Waals surface area contributed by atoms with Gasteiger partial charge in [0, 0.05) is 25.7 Å². The summed E-state index contributed by atoms with van der Waals surface area (Å²) in [5.74, 6) is -0.665. The van der Waals surface area contributed by atoms with Crippen LogP contribution in [0.25, 0.3) is 0 Å². The van der Waals surface area contributed by atoms with Crippen LogP contribution in [0.1, 0.15) is 363 Å². The SMILES string of the molecule is CCCCCCCCCCCCCCCCCCCCCC(=O)O[C@H](COC(=O)CCCCCCCCCCCC(C)C)COP(=O)(O)OC[C@@H](O)COP(=O)(O)OC[C@@H](COC(=O)CCCCCCCCCC)OC(=O)CCCCCCCCCCC(C)C. The van der Waals surface area contributed by atoms with E-state index in [0.717, 1.165) is 108 Å². The van der Waals surface area contributed by atoms with Crippen molar-refractivity contribution in [3.63, 3.8) is 0 Å². The Bertz CT molecular complexity index is 1750. The lowest BCUT2D eigenvalue weighted by Crippen LogP contribution is -2.30. The first kappa shape index (κ1) is 88.1. The molecule has 0 aromatic carbocycles. The number of hydrogen-bond donors (Lipinski definition) is 3. The van der Waals surface area contributed by atoms with Gasteiger partial charge in [0.15, 0.2) is 12.2 Å². The van der Waals surface area contributed by atoms with Gasteiger partial charge in [-0.25, -0.2) is 9.13 Å². The fourth-order valence-electron chi connectivity index (χ4n) is 10.8. The van der Waals surface area contributed by atoms with E-state index in [-0.39, 0.29) is 25.7 Å². The molecular formula is C71H138O17P2. The van der Waals surface area contributed by atoms with E-state index in [1.807, 2.05) is 0 Å². The van der Waals surface area contributed by atoms with Crippen LogP contribution in [0.2, 0.25) is 0 Å². The first-order valence-corrected chi connectivity index (χ1v) is 40.0. The molecule has 0 rings (SSSR count). The third-order valence-corrected chi connectivity index (χ3v) is 18.4. The van der Waals surface area contributed by atoms with Crippen LogP contribution in [0.4, 0.5) is 0 Å². The van der Waals surface area contributed by atoms with Crippen molar-refractivity contribution in [2.75, 3.05) is 39.6 Å². The first-order valence-electron chi connectivity index (χ1n) is 37.0. The monoisotopic (exact) mass is 1320 g/mol. The second kappa shape index (κ2) is 63.1. The minimum absolute atomic E-state index is 0.104. The maximum atomic E-state index is 13.0. The number of rotatable bonds is 70. The maximum absolute atomic E-state index is 13.0. The molecule has 534 valence electrons. The van der Waals surface area contributed by atoms with Crippen molar-refractivity contribution in [3.05, 3.63) is 0 Å². The van der Waals surface area contributed by atoms with Crippen LogP contribution in [0.5, 0.6) is 0 Å². The minimum Gasteiger partial charge on any atom is -0.462 e. The first-order chi connectivity index (χ1) is 43.4. The van der Waals surface area contributed by atoms with Gasteiger partial charge in [-0.05, 0) is 37.5 Å². The van der Waals surface area contributed by atoms with Gasteiger partial charge in [0.1, 0.15) is 19.3 Å². The zero-order chi connectivity index (χ0) is 66.5. The predicted molar refractivity (Wildman–Crippen MR) is 363 cm³/mol. The summed E-state index contributed by atoms with van der Waals surface area (Å²) in [6.07, 6.45) is 48.8. The summed E-state index contributed by atoms with van der Waals surface area (Å²) in [5, 5.41) is 10.6. The van der Waals surface area contributed by atoms with Crippen molar-refractivity contribution in [1.82, 2.24) is 0 Å². The number of phosphoric acid groups is 2. The third kappa shape index (κ3) is 64.8. The number of carbonyl (C=O) groups excluding carboxylic acids is 4. The summed E-state index contributed by atoms with van der Waals surface area (Å²) in [4.78, 5) is 72.5. The van der Waals surface area contributed by atoms with Crippen LogP contribution >= 0.6 is 15.6 Å². The Labute approximate surface area is 549 Å². The zero-order valence-electron chi connectivity index (χ0n) is 58.4. The number of aliphatic hydroxyl groups is 1. The van der Waals surface area contributed by atoms with Gasteiger partial charge in [-0.3, -0.25) is 37.3 Å². The number of hydrogen-bond acceptors (Lipinski definition) is 15. The average Bonchev–Trinajstić information content (AvgIpc) is 3.69. The number of unbranched alkanes of at least 4 members (excludes halogenated alkanes) is 40. The highest BCUT2D eigenvalue weighted by Gasteiger charge is 2.30. The van der Waals surface area contributed by atoms with Crippen molar-refractivity contribution in [3.8, 4) is 0 Å². The number of aliphatic hydroxyl groups excluding tert-OH is 1. The summed E-state index contributed by atoms with van der Waals surface area (Å²) in [6, 6.07) is 0. The number of ether oxygens (including phenoxy) is 4. The molecule has 0 fully saturated rings. The highest BCUT2D eigenvalue weighted by Crippen LogP contribution is 2.45. The summed E-state index contributed by atoms with van der Waals surface area (Å²) in [6.45, 7) is 9.47. The molecule has 0 radical (unpaired) electrons. The summed E-state index contributed by atoms with van der Waals surface area (Å²) in [7, 11) is -9.90. The Kier molecular flexibility index (Phi) is 61.8. The van der Waals surface area contributed by atoms with Crippen molar-refractivity contribution in [1.29, 1.82) is 0 Å². The van der Waals surface area contributed by atoms with Gasteiger partial charge in [0.2, 0.25) is 0 Å². The molecular weight excluding hydrogens is 1190 g/mol. The normalized spacial score (nSPS) is 14.1. The number of phosphoric ester groups is 2. The molecule has 0 aliphatic carbocycles. The van der Waals surface area contributed by atoms with E-state index in [2.05, 4.69) is 41.5 Å². The topological polar surface area (TPSA) is 237 Å². The largest absolute Gasteiger partial charge is 0.472 e. The van der Waals surface area contributed by atoms with Gasteiger partial charge in [-0.2, -0.15) is 0 Å². The lowest BCUT2D eigenvalue weighted by molar-refractivity contribution is -0.161. The highest BCUT2D eigenvalue weighted by molar-refractivity contribution is 7.47. The van der Waals surface area contributed by atoms with Crippen LogP contribution in [0, 0.1) is 11.8 Å². The Hall–Kier alpha value is -1.94. The van der Waals surface area contributed by atoms with Gasteiger partial charge < -0.3 is 33.8 Å². The molecule has 0 aromatic heterocycles. The summed E-state index contributed by atoms with van der Waals surface area (Å²) >= 11 is 0. The molecule has 0 aliphatic rings. The molecule has 0 saturated heterocycles. The Morgan fingerprint density at radius 2 is 0.511 bits per heavy atom. The summed E-state index contributed by atoms with van der Waals surface area (Å²) in [5.41, 5.74) is 0. The molecule has 0 aliphatic heterocycles. The Balaban J connectivity index is 5.19. The van der Waals surface area contributed by atoms with E-state index in [1.54, 1.807) is 0 Å². The maximum Gasteiger partial charge on any atom is 0.472 e. The lowest BCUT2D eigenvalue weighted by Gasteiger charge is -2.21. The average molecular weight is 1330 g/mol. The molecule has 0 amide bonds. The quantitative estimate of drug-likeness (QED) is 0.0222. The lowest BCUT2D eigenvalue weighted by atomic mass is 10.0. The van der Waals surface area contributed by atoms with E-state index in [0.29, 0.717) is 25.7 Å². The molecule has 3 N–H and O–H groups in total. The second-order valence-electron chi connectivity index (χ2n) is 26.6. The minimum atomic E-state index is -4.95. The van der Waals surface area contributed by atoms with Gasteiger partial charge in [0.25, 0.3) is 0 Å². The predicted octanol–water partition coefficient (Wildman–Crippen LogP) is 20.4. The molecule has 19 heteroatoms. The molecule has 0 spiro atoms. The molecule has 17 nitrogen and oxygen atoms in total. The van der Waals surface area contributed by atoms with E-state index in [4.69, 9.17) is 37.0 Å².